The molecular weight excluding hydrogens is 336 g/mol. The molecule has 0 aromatic heterocycles. The van der Waals surface area contributed by atoms with Crippen molar-refractivity contribution in [3.8, 4) is 0 Å². The monoisotopic (exact) mass is 350 g/mol. The molecule has 0 aliphatic heterocycles. The van der Waals surface area contributed by atoms with Gasteiger partial charge in [-0.3, -0.25) is 9.59 Å². The fraction of sp³-hybridized carbons (Fsp3) is 0.263. The normalized spacial score (nSPS) is 22.5. The predicted molar refractivity (Wildman–Crippen MR) is 82.6 cm³/mol. The summed E-state index contributed by atoms with van der Waals surface area (Å²) in [4.78, 5) is 24.4. The van der Waals surface area contributed by atoms with Crippen molar-refractivity contribution in [3.63, 3.8) is 0 Å². The smallest absolute Gasteiger partial charge is 0.300 e. The number of halogens is 4. The van der Waals surface area contributed by atoms with Crippen molar-refractivity contribution in [2.45, 2.75) is 19.0 Å². The van der Waals surface area contributed by atoms with Gasteiger partial charge in [0.05, 0.1) is 5.56 Å². The van der Waals surface area contributed by atoms with Gasteiger partial charge >= 0.3 is 6.18 Å². The van der Waals surface area contributed by atoms with Crippen LogP contribution in [0.4, 0.5) is 17.6 Å². The van der Waals surface area contributed by atoms with Crippen LogP contribution in [0.3, 0.4) is 0 Å². The van der Waals surface area contributed by atoms with Crippen LogP contribution in [0.5, 0.6) is 0 Å². The molecular formula is C19H14F4O2. The van der Waals surface area contributed by atoms with Gasteiger partial charge in [-0.05, 0) is 42.8 Å². The first kappa shape index (κ1) is 17.3. The van der Waals surface area contributed by atoms with Gasteiger partial charge in [0.15, 0.2) is 5.78 Å². The van der Waals surface area contributed by atoms with Gasteiger partial charge in [-0.1, -0.05) is 18.2 Å². The van der Waals surface area contributed by atoms with Gasteiger partial charge in [-0.2, -0.15) is 13.2 Å². The average Bonchev–Trinajstić information content (AvgIpc) is 3.30. The van der Waals surface area contributed by atoms with E-state index in [9.17, 15) is 27.2 Å². The number of carbonyl (C=O) groups is 2. The summed E-state index contributed by atoms with van der Waals surface area (Å²) in [5.74, 6) is -3.06. The Kier molecular flexibility index (Phi) is 4.22. The van der Waals surface area contributed by atoms with E-state index in [0.29, 0.717) is 5.56 Å². The summed E-state index contributed by atoms with van der Waals surface area (Å²) < 4.78 is 51.7. The Hall–Kier alpha value is -2.50. The van der Waals surface area contributed by atoms with Crippen molar-refractivity contribution in [1.29, 1.82) is 0 Å². The molecule has 0 N–H and O–H groups in total. The van der Waals surface area contributed by atoms with Crippen molar-refractivity contribution < 1.29 is 27.2 Å². The van der Waals surface area contributed by atoms with Crippen molar-refractivity contribution in [2.75, 3.05) is 0 Å². The van der Waals surface area contributed by atoms with E-state index in [1.165, 1.54) is 31.2 Å². The zero-order chi connectivity index (χ0) is 18.4. The van der Waals surface area contributed by atoms with Crippen molar-refractivity contribution in [3.05, 3.63) is 71.0 Å². The third-order valence-corrected chi connectivity index (χ3v) is 4.52. The molecule has 1 saturated carbocycles. The average molecular weight is 350 g/mol. The Balaban J connectivity index is 1.92. The number of carbonyl (C=O) groups excluding carboxylic acids is 2. The highest BCUT2D eigenvalue weighted by atomic mass is 19.4. The Morgan fingerprint density at radius 2 is 1.60 bits per heavy atom. The third-order valence-electron chi connectivity index (χ3n) is 4.52. The first-order valence-corrected chi connectivity index (χ1v) is 7.67. The second-order valence-corrected chi connectivity index (χ2v) is 6.18. The van der Waals surface area contributed by atoms with Crippen LogP contribution in [0.1, 0.15) is 34.3 Å². The van der Waals surface area contributed by atoms with E-state index in [4.69, 9.17) is 0 Å². The Morgan fingerprint density at radius 3 is 2.16 bits per heavy atom. The lowest BCUT2D eigenvalue weighted by Crippen LogP contribution is -2.07. The highest BCUT2D eigenvalue weighted by Crippen LogP contribution is 2.56. The van der Waals surface area contributed by atoms with Gasteiger partial charge in [0, 0.05) is 23.3 Å². The molecule has 25 heavy (non-hydrogen) atoms. The Bertz CT molecular complexity index is 824. The van der Waals surface area contributed by atoms with Crippen molar-refractivity contribution in [2.24, 2.45) is 11.8 Å². The zero-order valence-corrected chi connectivity index (χ0v) is 13.2. The Morgan fingerprint density at radius 1 is 0.960 bits per heavy atom. The number of rotatable bonds is 4. The minimum Gasteiger partial charge on any atom is -0.300 e. The van der Waals surface area contributed by atoms with E-state index < -0.39 is 35.3 Å². The van der Waals surface area contributed by atoms with E-state index in [-0.39, 0.29) is 17.1 Å². The maximum absolute atomic E-state index is 13.0. The lowest BCUT2D eigenvalue weighted by molar-refractivity contribution is -0.137. The van der Waals surface area contributed by atoms with Crippen LogP contribution in [0.15, 0.2) is 48.5 Å². The van der Waals surface area contributed by atoms with E-state index >= 15 is 0 Å². The lowest BCUT2D eigenvalue weighted by Gasteiger charge is -2.08. The van der Waals surface area contributed by atoms with Crippen molar-refractivity contribution >= 4 is 11.6 Å². The highest BCUT2D eigenvalue weighted by Gasteiger charge is 2.57. The lowest BCUT2D eigenvalue weighted by atomic mass is 10.0. The fourth-order valence-electron chi connectivity index (χ4n) is 3.29. The number of hydrogen-bond donors (Lipinski definition) is 0. The molecule has 130 valence electrons. The molecule has 2 aromatic carbocycles. The summed E-state index contributed by atoms with van der Waals surface area (Å²) in [6.45, 7) is 1.32. The molecule has 1 fully saturated rings. The van der Waals surface area contributed by atoms with Gasteiger partial charge in [-0.15, -0.1) is 0 Å². The molecule has 3 rings (SSSR count). The maximum atomic E-state index is 13.0. The number of hydrogen-bond acceptors (Lipinski definition) is 2. The molecule has 0 heterocycles. The summed E-state index contributed by atoms with van der Waals surface area (Å²) in [5.41, 5.74) is -0.255. The Labute approximate surface area is 141 Å². The SMILES string of the molecule is CC(=O)[C@@H]1[C@H](C(=O)c2ccc(F)cc2)[C@H]1c1cccc(C(F)(F)F)c1. The van der Waals surface area contributed by atoms with E-state index in [0.717, 1.165) is 24.3 Å². The molecule has 6 heteroatoms. The van der Waals surface area contributed by atoms with E-state index in [1.54, 1.807) is 0 Å². The minimum atomic E-state index is -4.49. The molecule has 0 saturated heterocycles. The largest absolute Gasteiger partial charge is 0.416 e. The molecule has 0 amide bonds. The van der Waals surface area contributed by atoms with Crippen LogP contribution in [0.2, 0.25) is 0 Å². The number of benzene rings is 2. The zero-order valence-electron chi connectivity index (χ0n) is 13.2. The molecule has 0 bridgehead atoms. The minimum absolute atomic E-state index is 0.243. The van der Waals surface area contributed by atoms with Crippen molar-refractivity contribution in [1.82, 2.24) is 0 Å². The first-order chi connectivity index (χ1) is 11.7. The van der Waals surface area contributed by atoms with E-state index in [2.05, 4.69) is 0 Å². The van der Waals surface area contributed by atoms with Gasteiger partial charge in [0.25, 0.3) is 0 Å². The number of Topliss-reactive ketones (excluding diaryl/α,β-unsaturated/α-hetero) is 2. The molecule has 3 atom stereocenters. The molecule has 1 aliphatic carbocycles. The molecule has 0 spiro atoms. The number of alkyl halides is 3. The first-order valence-electron chi connectivity index (χ1n) is 7.67. The summed E-state index contributed by atoms with van der Waals surface area (Å²) in [6.07, 6.45) is -4.49. The van der Waals surface area contributed by atoms with Crippen LogP contribution in [0.25, 0.3) is 0 Å². The van der Waals surface area contributed by atoms with Crippen LogP contribution in [0, 0.1) is 17.7 Å². The van der Waals surface area contributed by atoms with Gasteiger partial charge in [0.2, 0.25) is 0 Å². The molecule has 2 nitrogen and oxygen atoms in total. The summed E-state index contributed by atoms with van der Waals surface area (Å²) in [7, 11) is 0. The van der Waals surface area contributed by atoms with Crippen LogP contribution >= 0.6 is 0 Å². The third kappa shape index (κ3) is 3.34. The summed E-state index contributed by atoms with van der Waals surface area (Å²) >= 11 is 0. The van der Waals surface area contributed by atoms with Crippen LogP contribution < -0.4 is 0 Å². The standard InChI is InChI=1S/C19H14F4O2/c1-10(24)15-16(12-3-2-4-13(9-12)19(21,22)23)17(15)18(25)11-5-7-14(20)8-6-11/h2-9,15-17H,1H3/t15-,16-,17-/m0/s1. The van der Waals surface area contributed by atoms with Crippen LogP contribution in [-0.4, -0.2) is 11.6 Å². The quantitative estimate of drug-likeness (QED) is 0.594. The predicted octanol–water partition coefficient (Wildman–Crippen LogP) is 4.65. The fourth-order valence-corrected chi connectivity index (χ4v) is 3.29. The second-order valence-electron chi connectivity index (χ2n) is 6.18. The van der Waals surface area contributed by atoms with E-state index in [1.807, 2.05) is 0 Å². The molecule has 1 aliphatic rings. The second kappa shape index (κ2) is 6.10. The van der Waals surface area contributed by atoms with Gasteiger partial charge in [0.1, 0.15) is 11.6 Å². The molecule has 2 aromatic rings. The van der Waals surface area contributed by atoms with Crippen LogP contribution in [-0.2, 0) is 11.0 Å². The topological polar surface area (TPSA) is 34.1 Å². The van der Waals surface area contributed by atoms with Gasteiger partial charge < -0.3 is 0 Å². The highest BCUT2D eigenvalue weighted by molar-refractivity contribution is 6.05. The maximum Gasteiger partial charge on any atom is 0.416 e. The molecule has 0 unspecified atom stereocenters. The van der Waals surface area contributed by atoms with Gasteiger partial charge in [-0.25, -0.2) is 4.39 Å². The summed E-state index contributed by atoms with van der Waals surface area (Å²) in [6, 6.07) is 9.60. The summed E-state index contributed by atoms with van der Waals surface area (Å²) in [5, 5.41) is 0. The number of ketones is 2. The molecule has 0 radical (unpaired) electrons.